The molecule has 19 heavy (non-hydrogen) atoms. The van der Waals surface area contributed by atoms with Crippen LogP contribution in [0.2, 0.25) is 0 Å². The first-order valence-electron chi connectivity index (χ1n) is 7.15. The number of hydrogen-bond acceptors (Lipinski definition) is 3. The first kappa shape index (κ1) is 13.1. The van der Waals surface area contributed by atoms with Gasteiger partial charge in [0.15, 0.2) is 0 Å². The molecule has 0 spiro atoms. The van der Waals surface area contributed by atoms with E-state index in [1.54, 1.807) is 0 Å². The number of rotatable bonds is 2. The molecule has 104 valence electrons. The summed E-state index contributed by atoms with van der Waals surface area (Å²) in [5.41, 5.74) is 1.52. The van der Waals surface area contributed by atoms with Gasteiger partial charge in [0, 0.05) is 17.4 Å². The maximum Gasteiger partial charge on any atom is 0.0969 e. The van der Waals surface area contributed by atoms with Crippen molar-refractivity contribution in [2.24, 2.45) is 11.3 Å². The highest BCUT2D eigenvalue weighted by atomic mass is 16.5. The van der Waals surface area contributed by atoms with Gasteiger partial charge in [0.2, 0.25) is 0 Å². The highest BCUT2D eigenvalue weighted by Gasteiger charge is 2.47. The summed E-state index contributed by atoms with van der Waals surface area (Å²) in [6.45, 7) is 7.81. The van der Waals surface area contributed by atoms with Crippen LogP contribution in [0.25, 0.3) is 0 Å². The normalized spacial score (nSPS) is 39.4. The zero-order chi connectivity index (χ0) is 13.3. The summed E-state index contributed by atoms with van der Waals surface area (Å²) >= 11 is 0. The Morgan fingerprint density at radius 1 is 1.16 bits per heavy atom. The van der Waals surface area contributed by atoms with Crippen molar-refractivity contribution < 1.29 is 9.47 Å². The van der Waals surface area contributed by atoms with Gasteiger partial charge < -0.3 is 9.47 Å². The fraction of sp³-hybridized carbons (Fsp3) is 0.625. The number of nitrogens with one attached hydrogen (secondary N) is 1. The van der Waals surface area contributed by atoms with Gasteiger partial charge in [0.05, 0.1) is 26.6 Å². The lowest BCUT2D eigenvalue weighted by Crippen LogP contribution is -2.53. The molecule has 1 N–H and O–H groups in total. The van der Waals surface area contributed by atoms with Crippen LogP contribution >= 0.6 is 0 Å². The Morgan fingerprint density at radius 3 is 2.63 bits per heavy atom. The molecule has 0 radical (unpaired) electrons. The van der Waals surface area contributed by atoms with Crippen LogP contribution in [0.15, 0.2) is 30.3 Å². The molecule has 0 saturated carbocycles. The van der Waals surface area contributed by atoms with Crippen molar-refractivity contribution in [3.05, 3.63) is 35.9 Å². The Bertz CT molecular complexity index is 416. The molecule has 0 bridgehead atoms. The van der Waals surface area contributed by atoms with Gasteiger partial charge in [-0.3, -0.25) is 5.32 Å². The van der Waals surface area contributed by atoms with Gasteiger partial charge in [0.1, 0.15) is 0 Å². The molecular formula is C16H23NO2. The molecule has 1 aromatic carbocycles. The van der Waals surface area contributed by atoms with Gasteiger partial charge in [0.25, 0.3) is 0 Å². The average Bonchev–Trinajstić information content (AvgIpc) is 2.98. The zero-order valence-electron chi connectivity index (χ0n) is 11.8. The molecule has 3 nitrogen and oxygen atoms in total. The van der Waals surface area contributed by atoms with Gasteiger partial charge in [-0.15, -0.1) is 0 Å². The van der Waals surface area contributed by atoms with E-state index >= 15 is 0 Å². The third-order valence-electron chi connectivity index (χ3n) is 5.09. The third-order valence-corrected chi connectivity index (χ3v) is 5.09. The molecule has 2 saturated heterocycles. The number of hydrogen-bond donors (Lipinski definition) is 1. The highest BCUT2D eigenvalue weighted by Crippen LogP contribution is 2.45. The lowest BCUT2D eigenvalue weighted by molar-refractivity contribution is -0.0687. The summed E-state index contributed by atoms with van der Waals surface area (Å²) in [5, 5.41) is 3.47. The molecule has 1 unspecified atom stereocenters. The van der Waals surface area contributed by atoms with Gasteiger partial charge in [-0.05, 0) is 11.5 Å². The minimum Gasteiger partial charge on any atom is -0.380 e. The Balaban J connectivity index is 1.84. The van der Waals surface area contributed by atoms with Crippen molar-refractivity contribution in [3.63, 3.8) is 0 Å². The minimum atomic E-state index is 0.134. The second kappa shape index (κ2) is 5.23. The molecule has 2 heterocycles. The van der Waals surface area contributed by atoms with Gasteiger partial charge in [-0.2, -0.15) is 0 Å². The smallest absolute Gasteiger partial charge is 0.0969 e. The fourth-order valence-electron chi connectivity index (χ4n) is 3.46. The van der Waals surface area contributed by atoms with E-state index in [0.29, 0.717) is 24.6 Å². The van der Waals surface area contributed by atoms with E-state index in [9.17, 15) is 0 Å². The predicted molar refractivity (Wildman–Crippen MR) is 75.0 cm³/mol. The van der Waals surface area contributed by atoms with Crippen LogP contribution in [-0.2, 0) is 9.47 Å². The predicted octanol–water partition coefficient (Wildman–Crippen LogP) is 2.39. The van der Waals surface area contributed by atoms with Crippen LogP contribution in [0, 0.1) is 11.3 Å². The van der Waals surface area contributed by atoms with Crippen LogP contribution in [0.3, 0.4) is 0 Å². The minimum absolute atomic E-state index is 0.134. The van der Waals surface area contributed by atoms with Gasteiger partial charge >= 0.3 is 0 Å². The van der Waals surface area contributed by atoms with E-state index in [2.05, 4.69) is 49.5 Å². The Hall–Kier alpha value is -0.900. The van der Waals surface area contributed by atoms with Crippen molar-refractivity contribution >= 4 is 0 Å². The standard InChI is InChI=1S/C16H23NO2/c1-12-14(13-6-4-3-5-7-13)8-18-10-16(12,2)15-9-19-11-17-15/h3-7,12,14-15,17H,8-11H2,1-2H3/t12?,14-,15-,16+/m0/s1. The van der Waals surface area contributed by atoms with Crippen LogP contribution in [0.4, 0.5) is 0 Å². The van der Waals surface area contributed by atoms with Crippen LogP contribution in [0.1, 0.15) is 25.3 Å². The summed E-state index contributed by atoms with van der Waals surface area (Å²) in [7, 11) is 0. The SMILES string of the molecule is CC1[C@@H](c2ccccc2)COC[C@@]1(C)[C@@H]1COCN1. The molecule has 0 aromatic heterocycles. The molecule has 3 rings (SSSR count). The Morgan fingerprint density at radius 2 is 1.95 bits per heavy atom. The van der Waals surface area contributed by atoms with Crippen molar-refractivity contribution in [3.8, 4) is 0 Å². The van der Waals surface area contributed by atoms with E-state index < -0.39 is 0 Å². The van der Waals surface area contributed by atoms with Crippen molar-refractivity contribution in [2.75, 3.05) is 26.6 Å². The summed E-state index contributed by atoms with van der Waals surface area (Å²) in [5.74, 6) is 1.05. The Kier molecular flexibility index (Phi) is 3.61. The Labute approximate surface area is 115 Å². The molecule has 0 amide bonds. The largest absolute Gasteiger partial charge is 0.380 e. The van der Waals surface area contributed by atoms with E-state index in [-0.39, 0.29) is 5.41 Å². The van der Waals surface area contributed by atoms with Crippen molar-refractivity contribution in [1.29, 1.82) is 0 Å². The zero-order valence-corrected chi connectivity index (χ0v) is 11.8. The topological polar surface area (TPSA) is 30.5 Å². The molecule has 4 atom stereocenters. The van der Waals surface area contributed by atoms with E-state index in [4.69, 9.17) is 9.47 Å². The lowest BCUT2D eigenvalue weighted by Gasteiger charge is -2.47. The molecule has 2 aliphatic rings. The number of ether oxygens (including phenoxy) is 2. The first-order valence-corrected chi connectivity index (χ1v) is 7.15. The second-order valence-electron chi connectivity index (χ2n) is 6.10. The maximum atomic E-state index is 5.94. The van der Waals surface area contributed by atoms with Gasteiger partial charge in [-0.1, -0.05) is 44.2 Å². The summed E-state index contributed by atoms with van der Waals surface area (Å²) in [6, 6.07) is 11.1. The second-order valence-corrected chi connectivity index (χ2v) is 6.10. The van der Waals surface area contributed by atoms with E-state index in [1.165, 1.54) is 5.56 Å². The quantitative estimate of drug-likeness (QED) is 0.886. The molecule has 2 aliphatic heterocycles. The summed E-state index contributed by atoms with van der Waals surface area (Å²) in [4.78, 5) is 0. The average molecular weight is 261 g/mol. The lowest BCUT2D eigenvalue weighted by atomic mass is 9.65. The maximum absolute atomic E-state index is 5.94. The van der Waals surface area contributed by atoms with Gasteiger partial charge in [-0.25, -0.2) is 0 Å². The van der Waals surface area contributed by atoms with Crippen LogP contribution < -0.4 is 5.32 Å². The van der Waals surface area contributed by atoms with E-state index in [0.717, 1.165) is 19.8 Å². The monoisotopic (exact) mass is 261 g/mol. The summed E-state index contributed by atoms with van der Waals surface area (Å²) in [6.07, 6.45) is 0. The molecular weight excluding hydrogens is 238 g/mol. The van der Waals surface area contributed by atoms with Crippen molar-refractivity contribution in [2.45, 2.75) is 25.8 Å². The molecule has 1 aromatic rings. The number of benzene rings is 1. The van der Waals surface area contributed by atoms with Crippen molar-refractivity contribution in [1.82, 2.24) is 5.32 Å². The van der Waals surface area contributed by atoms with Crippen LogP contribution in [0.5, 0.6) is 0 Å². The molecule has 0 aliphatic carbocycles. The highest BCUT2D eigenvalue weighted by molar-refractivity contribution is 5.22. The first-order chi connectivity index (χ1) is 9.22. The molecule has 2 fully saturated rings. The molecule has 3 heteroatoms. The third kappa shape index (κ3) is 2.31. The van der Waals surface area contributed by atoms with Crippen LogP contribution in [-0.4, -0.2) is 32.6 Å². The fourth-order valence-corrected chi connectivity index (χ4v) is 3.46. The van der Waals surface area contributed by atoms with E-state index in [1.807, 2.05) is 0 Å². The summed E-state index contributed by atoms with van der Waals surface area (Å²) < 4.78 is 11.4.